The zero-order chi connectivity index (χ0) is 19.2. The molecule has 1 amide bonds. The molecule has 1 aromatic carbocycles. The Morgan fingerprint density at radius 2 is 2.07 bits per heavy atom. The number of rotatable bonds is 7. The minimum absolute atomic E-state index is 0.0947. The summed E-state index contributed by atoms with van der Waals surface area (Å²) in [5, 5.41) is 12.7. The molecular weight excluding hydrogens is 382 g/mol. The predicted octanol–water partition coefficient (Wildman–Crippen LogP) is 3.69. The summed E-state index contributed by atoms with van der Waals surface area (Å²) in [7, 11) is 0. The fraction of sp³-hybridized carbons (Fsp3) is 0.158. The average Bonchev–Trinajstić information content (AvgIpc) is 3.11. The largest absolute Gasteiger partial charge is 0.352 e. The molecule has 0 aliphatic rings. The third-order valence-corrected chi connectivity index (χ3v) is 5.17. The van der Waals surface area contributed by atoms with E-state index in [1.165, 1.54) is 11.8 Å². The van der Waals surface area contributed by atoms with Crippen molar-refractivity contribution in [1.82, 2.24) is 25.1 Å². The molecule has 0 atom stereocenters. The predicted molar refractivity (Wildman–Crippen MR) is 108 cm³/mol. The zero-order valence-electron chi connectivity index (χ0n) is 14.7. The third-order valence-electron chi connectivity index (χ3n) is 3.83. The molecular formula is C19H18ClN5OS. The molecule has 0 unspecified atom stereocenters. The van der Waals surface area contributed by atoms with Gasteiger partial charge in [0.15, 0.2) is 11.0 Å². The van der Waals surface area contributed by atoms with Gasteiger partial charge < -0.3 is 5.32 Å². The summed E-state index contributed by atoms with van der Waals surface area (Å²) in [6, 6.07) is 9.41. The third kappa shape index (κ3) is 4.37. The van der Waals surface area contributed by atoms with E-state index in [1.54, 1.807) is 18.5 Å². The minimum atomic E-state index is -0.0947. The van der Waals surface area contributed by atoms with E-state index < -0.39 is 0 Å². The van der Waals surface area contributed by atoms with Gasteiger partial charge in [-0.1, -0.05) is 35.5 Å². The van der Waals surface area contributed by atoms with Crippen LogP contribution in [0.2, 0.25) is 5.02 Å². The molecule has 6 nitrogen and oxygen atoms in total. The fourth-order valence-electron chi connectivity index (χ4n) is 2.47. The number of carbonyl (C=O) groups excluding carboxylic acids is 1. The van der Waals surface area contributed by atoms with Gasteiger partial charge in [0.2, 0.25) is 5.91 Å². The number of pyridine rings is 1. The molecule has 2 aromatic heterocycles. The summed E-state index contributed by atoms with van der Waals surface area (Å²) in [4.78, 5) is 16.0. The van der Waals surface area contributed by atoms with Crippen molar-refractivity contribution in [1.29, 1.82) is 0 Å². The maximum absolute atomic E-state index is 12.0. The Kier molecular flexibility index (Phi) is 6.26. The smallest absolute Gasteiger partial charge is 0.230 e. The molecule has 8 heteroatoms. The van der Waals surface area contributed by atoms with Crippen molar-refractivity contribution < 1.29 is 4.79 Å². The van der Waals surface area contributed by atoms with Gasteiger partial charge in [-0.2, -0.15) is 0 Å². The van der Waals surface area contributed by atoms with Crippen LogP contribution >= 0.6 is 23.4 Å². The number of nitrogens with one attached hydrogen (secondary N) is 1. The van der Waals surface area contributed by atoms with Gasteiger partial charge in [-0.05, 0) is 36.8 Å². The van der Waals surface area contributed by atoms with Crippen LogP contribution in [0.3, 0.4) is 0 Å². The summed E-state index contributed by atoms with van der Waals surface area (Å²) < 4.78 is 1.92. The average molecular weight is 400 g/mol. The minimum Gasteiger partial charge on any atom is -0.352 e. The van der Waals surface area contributed by atoms with E-state index in [9.17, 15) is 4.79 Å². The van der Waals surface area contributed by atoms with E-state index in [-0.39, 0.29) is 11.7 Å². The quantitative estimate of drug-likeness (QED) is 0.484. The van der Waals surface area contributed by atoms with E-state index in [0.717, 1.165) is 16.8 Å². The molecule has 0 saturated carbocycles. The van der Waals surface area contributed by atoms with Crippen molar-refractivity contribution in [2.75, 3.05) is 12.3 Å². The molecule has 27 heavy (non-hydrogen) atoms. The van der Waals surface area contributed by atoms with Crippen LogP contribution in [0.25, 0.3) is 17.1 Å². The summed E-state index contributed by atoms with van der Waals surface area (Å²) in [5.74, 6) is 0.793. The number of nitrogens with zero attached hydrogens (tertiary/aromatic N) is 4. The Bertz CT molecular complexity index is 958. The second kappa shape index (κ2) is 8.83. The zero-order valence-corrected chi connectivity index (χ0v) is 16.3. The lowest BCUT2D eigenvalue weighted by Gasteiger charge is -2.13. The van der Waals surface area contributed by atoms with Crippen LogP contribution in [-0.2, 0) is 4.79 Å². The number of hydrogen-bond donors (Lipinski definition) is 1. The summed E-state index contributed by atoms with van der Waals surface area (Å²) >= 11 is 7.64. The van der Waals surface area contributed by atoms with Crippen molar-refractivity contribution in [2.45, 2.75) is 12.1 Å². The van der Waals surface area contributed by atoms with Gasteiger partial charge in [-0.15, -0.1) is 16.8 Å². The lowest BCUT2D eigenvalue weighted by atomic mass is 10.2. The SMILES string of the molecule is C=CCNC(=O)CSc1nnc(-c2ccncc2)n1-c1cccc(Cl)c1C. The van der Waals surface area contributed by atoms with E-state index in [2.05, 4.69) is 27.1 Å². The fourth-order valence-corrected chi connectivity index (χ4v) is 3.42. The molecule has 0 fully saturated rings. The second-order valence-corrected chi connectivity index (χ2v) is 6.99. The standard InChI is InChI=1S/C19H18ClN5OS/c1-3-9-22-17(26)12-27-19-24-23-18(14-7-10-21-11-8-14)25(19)16-6-4-5-15(20)13(16)2/h3-8,10-11H,1,9,12H2,2H3,(H,22,26). The van der Waals surface area contributed by atoms with Crippen LogP contribution in [0.5, 0.6) is 0 Å². The van der Waals surface area contributed by atoms with Gasteiger partial charge in [0.1, 0.15) is 0 Å². The maximum Gasteiger partial charge on any atom is 0.230 e. The second-order valence-electron chi connectivity index (χ2n) is 5.64. The van der Waals surface area contributed by atoms with Crippen LogP contribution in [0, 0.1) is 6.92 Å². The van der Waals surface area contributed by atoms with E-state index in [1.807, 2.05) is 41.8 Å². The van der Waals surface area contributed by atoms with Crippen molar-refractivity contribution in [3.63, 3.8) is 0 Å². The van der Waals surface area contributed by atoms with Gasteiger partial charge in [-0.3, -0.25) is 14.3 Å². The molecule has 0 bridgehead atoms. The van der Waals surface area contributed by atoms with Gasteiger partial charge in [0.25, 0.3) is 0 Å². The molecule has 0 spiro atoms. The first-order chi connectivity index (χ1) is 13.1. The van der Waals surface area contributed by atoms with Gasteiger partial charge in [0, 0.05) is 29.5 Å². The van der Waals surface area contributed by atoms with Crippen molar-refractivity contribution >= 4 is 29.3 Å². The molecule has 0 aliphatic heterocycles. The highest BCUT2D eigenvalue weighted by molar-refractivity contribution is 7.99. The molecule has 3 rings (SSSR count). The van der Waals surface area contributed by atoms with E-state index in [4.69, 9.17) is 11.6 Å². The summed E-state index contributed by atoms with van der Waals surface area (Å²) in [5.41, 5.74) is 2.65. The van der Waals surface area contributed by atoms with Crippen LogP contribution in [-0.4, -0.2) is 38.0 Å². The van der Waals surface area contributed by atoms with Crippen LogP contribution < -0.4 is 5.32 Å². The molecule has 3 aromatic rings. The maximum atomic E-state index is 12.0. The highest BCUT2D eigenvalue weighted by Gasteiger charge is 2.19. The Morgan fingerprint density at radius 3 is 2.81 bits per heavy atom. The Labute approximate surface area is 166 Å². The van der Waals surface area contributed by atoms with Crippen LogP contribution in [0.15, 0.2) is 60.5 Å². The first-order valence-corrected chi connectivity index (χ1v) is 9.60. The number of amides is 1. The Hall–Kier alpha value is -2.64. The Morgan fingerprint density at radius 1 is 1.30 bits per heavy atom. The highest BCUT2D eigenvalue weighted by atomic mass is 35.5. The normalized spacial score (nSPS) is 10.6. The topological polar surface area (TPSA) is 72.7 Å². The number of hydrogen-bond acceptors (Lipinski definition) is 5. The molecule has 1 N–H and O–H groups in total. The van der Waals surface area contributed by atoms with E-state index >= 15 is 0 Å². The molecule has 0 radical (unpaired) electrons. The molecule has 0 saturated heterocycles. The lowest BCUT2D eigenvalue weighted by molar-refractivity contribution is -0.118. The van der Waals surface area contributed by atoms with E-state index in [0.29, 0.717) is 22.5 Å². The number of thioether (sulfide) groups is 1. The number of carbonyl (C=O) groups is 1. The van der Waals surface area contributed by atoms with Crippen LogP contribution in [0.4, 0.5) is 0 Å². The monoisotopic (exact) mass is 399 g/mol. The van der Waals surface area contributed by atoms with Gasteiger partial charge >= 0.3 is 0 Å². The summed E-state index contributed by atoms with van der Waals surface area (Å²) in [6.45, 7) is 5.97. The summed E-state index contributed by atoms with van der Waals surface area (Å²) in [6.07, 6.45) is 5.05. The number of aromatic nitrogens is 4. The Balaban J connectivity index is 2.02. The van der Waals surface area contributed by atoms with Gasteiger partial charge in [0.05, 0.1) is 11.4 Å². The number of benzene rings is 1. The van der Waals surface area contributed by atoms with Crippen molar-refractivity contribution in [3.8, 4) is 17.1 Å². The molecule has 2 heterocycles. The highest BCUT2D eigenvalue weighted by Crippen LogP contribution is 2.31. The number of halogens is 1. The molecule has 0 aliphatic carbocycles. The van der Waals surface area contributed by atoms with Crippen LogP contribution in [0.1, 0.15) is 5.56 Å². The van der Waals surface area contributed by atoms with Crippen molar-refractivity contribution in [2.24, 2.45) is 0 Å². The van der Waals surface area contributed by atoms with Crippen molar-refractivity contribution in [3.05, 3.63) is 66.0 Å². The first-order valence-electron chi connectivity index (χ1n) is 8.23. The first kappa shape index (κ1) is 19.1. The lowest BCUT2D eigenvalue weighted by Crippen LogP contribution is -2.25. The molecule has 138 valence electrons. The van der Waals surface area contributed by atoms with Gasteiger partial charge in [-0.25, -0.2) is 0 Å².